The van der Waals surface area contributed by atoms with Gasteiger partial charge in [0.15, 0.2) is 5.82 Å². The first-order valence-corrected chi connectivity index (χ1v) is 8.53. The molecule has 24 heavy (non-hydrogen) atoms. The molecule has 3 rings (SSSR count). The number of aryl methyl sites for hydroxylation is 2. The van der Waals surface area contributed by atoms with Gasteiger partial charge in [-0.05, 0) is 48.7 Å². The minimum absolute atomic E-state index is 0.473. The van der Waals surface area contributed by atoms with Gasteiger partial charge >= 0.3 is 0 Å². The molecule has 0 atom stereocenters. The van der Waals surface area contributed by atoms with Gasteiger partial charge in [-0.3, -0.25) is 0 Å². The Balaban J connectivity index is 1.82. The van der Waals surface area contributed by atoms with Crippen LogP contribution in [-0.4, -0.2) is 15.2 Å². The van der Waals surface area contributed by atoms with Crippen molar-refractivity contribution in [1.29, 1.82) is 0 Å². The first-order chi connectivity index (χ1) is 11.7. The van der Waals surface area contributed by atoms with Crippen molar-refractivity contribution in [3.8, 4) is 0 Å². The zero-order valence-corrected chi connectivity index (χ0v) is 15.1. The van der Waals surface area contributed by atoms with E-state index in [1.54, 1.807) is 6.20 Å². The average Bonchev–Trinajstić information content (AvgIpc) is 2.59. The summed E-state index contributed by atoms with van der Waals surface area (Å²) in [7, 11) is 0. The third-order valence-corrected chi connectivity index (χ3v) is 4.18. The summed E-state index contributed by atoms with van der Waals surface area (Å²) in [6.07, 6.45) is 2.54. The highest BCUT2D eigenvalue weighted by atomic mass is 79.9. The highest BCUT2D eigenvalue weighted by Gasteiger charge is 2.07. The largest absolute Gasteiger partial charge is 0.339 e. The van der Waals surface area contributed by atoms with Crippen LogP contribution in [0.3, 0.4) is 0 Å². The van der Waals surface area contributed by atoms with Gasteiger partial charge in [0, 0.05) is 15.8 Å². The van der Waals surface area contributed by atoms with Gasteiger partial charge in [0.2, 0.25) is 5.95 Å². The van der Waals surface area contributed by atoms with Crippen molar-refractivity contribution < 1.29 is 0 Å². The van der Waals surface area contributed by atoms with E-state index in [-0.39, 0.29) is 0 Å². The SMILES string of the molecule is CCc1cccc(C)c1Nc1nncc(Nc2ccc(Br)cc2)n1. The number of nitrogens with zero attached hydrogens (tertiary/aromatic N) is 3. The van der Waals surface area contributed by atoms with E-state index in [1.807, 2.05) is 24.3 Å². The maximum absolute atomic E-state index is 4.49. The third kappa shape index (κ3) is 3.89. The molecule has 5 nitrogen and oxygen atoms in total. The zero-order valence-electron chi connectivity index (χ0n) is 13.5. The van der Waals surface area contributed by atoms with Gasteiger partial charge in [-0.2, -0.15) is 10.1 Å². The van der Waals surface area contributed by atoms with Crippen LogP contribution in [0.1, 0.15) is 18.1 Å². The fourth-order valence-corrected chi connectivity index (χ4v) is 2.68. The van der Waals surface area contributed by atoms with Crippen molar-refractivity contribution >= 4 is 39.1 Å². The molecule has 0 unspecified atom stereocenters. The molecule has 0 fully saturated rings. The molecule has 122 valence electrons. The summed E-state index contributed by atoms with van der Waals surface area (Å²) in [5, 5.41) is 14.6. The third-order valence-electron chi connectivity index (χ3n) is 3.65. The second-order valence-electron chi connectivity index (χ2n) is 5.38. The summed E-state index contributed by atoms with van der Waals surface area (Å²) < 4.78 is 1.03. The average molecular weight is 384 g/mol. The Labute approximate surface area is 149 Å². The van der Waals surface area contributed by atoms with Crippen LogP contribution in [0.4, 0.5) is 23.1 Å². The number of anilines is 4. The van der Waals surface area contributed by atoms with Gasteiger partial charge in [-0.15, -0.1) is 5.10 Å². The zero-order chi connectivity index (χ0) is 16.9. The Hall–Kier alpha value is -2.47. The number of hydrogen-bond acceptors (Lipinski definition) is 5. The number of benzene rings is 2. The van der Waals surface area contributed by atoms with Crippen LogP contribution < -0.4 is 10.6 Å². The Morgan fingerprint density at radius 1 is 1.04 bits per heavy atom. The smallest absolute Gasteiger partial charge is 0.249 e. The lowest BCUT2D eigenvalue weighted by molar-refractivity contribution is 0.979. The van der Waals surface area contributed by atoms with Crippen molar-refractivity contribution in [2.24, 2.45) is 0 Å². The predicted octanol–water partition coefficient (Wildman–Crippen LogP) is 4.99. The van der Waals surface area contributed by atoms with Crippen molar-refractivity contribution in [3.63, 3.8) is 0 Å². The molecule has 0 spiro atoms. The van der Waals surface area contributed by atoms with Crippen LogP contribution in [0.2, 0.25) is 0 Å². The monoisotopic (exact) mass is 383 g/mol. The number of para-hydroxylation sites is 1. The van der Waals surface area contributed by atoms with Crippen LogP contribution in [0.15, 0.2) is 53.1 Å². The topological polar surface area (TPSA) is 62.7 Å². The number of rotatable bonds is 5. The quantitative estimate of drug-likeness (QED) is 0.649. The van der Waals surface area contributed by atoms with Gasteiger partial charge in [0.25, 0.3) is 0 Å². The lowest BCUT2D eigenvalue weighted by Gasteiger charge is -2.13. The maximum Gasteiger partial charge on any atom is 0.249 e. The number of hydrogen-bond donors (Lipinski definition) is 2. The molecule has 0 bridgehead atoms. The summed E-state index contributed by atoms with van der Waals surface area (Å²) >= 11 is 3.42. The van der Waals surface area contributed by atoms with Crippen molar-refractivity contribution in [1.82, 2.24) is 15.2 Å². The number of nitrogens with one attached hydrogen (secondary N) is 2. The van der Waals surface area contributed by atoms with Gasteiger partial charge in [-0.1, -0.05) is 41.1 Å². The molecule has 0 aliphatic rings. The second-order valence-corrected chi connectivity index (χ2v) is 6.30. The molecule has 0 amide bonds. The molecule has 1 aromatic heterocycles. The molecule has 0 saturated heterocycles. The van der Waals surface area contributed by atoms with Gasteiger partial charge in [-0.25, -0.2) is 0 Å². The molecule has 0 aliphatic heterocycles. The van der Waals surface area contributed by atoms with E-state index < -0.39 is 0 Å². The first kappa shape index (κ1) is 16.4. The summed E-state index contributed by atoms with van der Waals surface area (Å²) in [6.45, 7) is 4.20. The van der Waals surface area contributed by atoms with Gasteiger partial charge in [0.05, 0.1) is 6.20 Å². The van der Waals surface area contributed by atoms with Gasteiger partial charge in [0.1, 0.15) is 0 Å². The van der Waals surface area contributed by atoms with E-state index in [2.05, 4.69) is 73.8 Å². The molecule has 0 radical (unpaired) electrons. The Kier molecular flexibility index (Phi) is 5.05. The summed E-state index contributed by atoms with van der Waals surface area (Å²) in [5.41, 5.74) is 4.37. The molecular weight excluding hydrogens is 366 g/mol. The maximum atomic E-state index is 4.49. The van der Waals surface area contributed by atoms with Crippen molar-refractivity contribution in [2.75, 3.05) is 10.6 Å². The highest BCUT2D eigenvalue weighted by Crippen LogP contribution is 2.24. The number of aromatic nitrogens is 3. The Morgan fingerprint density at radius 3 is 2.58 bits per heavy atom. The minimum Gasteiger partial charge on any atom is -0.339 e. The van der Waals surface area contributed by atoms with Crippen LogP contribution in [-0.2, 0) is 6.42 Å². The highest BCUT2D eigenvalue weighted by molar-refractivity contribution is 9.10. The normalized spacial score (nSPS) is 10.5. The van der Waals surface area contributed by atoms with E-state index in [0.717, 1.165) is 27.8 Å². The second kappa shape index (κ2) is 7.40. The molecule has 6 heteroatoms. The Bertz CT molecular complexity index is 833. The molecule has 2 N–H and O–H groups in total. The summed E-state index contributed by atoms with van der Waals surface area (Å²) in [5.74, 6) is 1.11. The lowest BCUT2D eigenvalue weighted by Crippen LogP contribution is -2.05. The Morgan fingerprint density at radius 2 is 1.83 bits per heavy atom. The molecule has 0 saturated carbocycles. The van der Waals surface area contributed by atoms with Crippen LogP contribution in [0.25, 0.3) is 0 Å². The predicted molar refractivity (Wildman–Crippen MR) is 101 cm³/mol. The molecule has 0 aliphatic carbocycles. The van der Waals surface area contributed by atoms with E-state index in [1.165, 1.54) is 5.56 Å². The van der Waals surface area contributed by atoms with Crippen LogP contribution in [0.5, 0.6) is 0 Å². The fourth-order valence-electron chi connectivity index (χ4n) is 2.41. The minimum atomic E-state index is 0.473. The van der Waals surface area contributed by atoms with E-state index in [4.69, 9.17) is 0 Å². The van der Waals surface area contributed by atoms with Gasteiger partial charge < -0.3 is 10.6 Å². The summed E-state index contributed by atoms with van der Waals surface area (Å²) in [4.78, 5) is 4.49. The molecule has 3 aromatic rings. The standard InChI is InChI=1S/C18H18BrN5/c1-3-13-6-4-5-12(2)17(13)23-18-22-16(11-20-24-18)21-15-9-7-14(19)8-10-15/h4-11H,3H2,1-2H3,(H2,21,22,23,24). The molecule has 2 aromatic carbocycles. The molecule has 1 heterocycles. The van der Waals surface area contributed by atoms with Crippen molar-refractivity contribution in [2.45, 2.75) is 20.3 Å². The van der Waals surface area contributed by atoms with Crippen LogP contribution >= 0.6 is 15.9 Å². The first-order valence-electron chi connectivity index (χ1n) is 7.73. The molecular formula is C18H18BrN5. The van der Waals surface area contributed by atoms with E-state index >= 15 is 0 Å². The van der Waals surface area contributed by atoms with E-state index in [0.29, 0.717) is 11.8 Å². The van der Waals surface area contributed by atoms with E-state index in [9.17, 15) is 0 Å². The van der Waals surface area contributed by atoms with Crippen LogP contribution in [0, 0.1) is 6.92 Å². The lowest BCUT2D eigenvalue weighted by atomic mass is 10.1. The van der Waals surface area contributed by atoms with Crippen molar-refractivity contribution in [3.05, 3.63) is 64.3 Å². The summed E-state index contributed by atoms with van der Waals surface area (Å²) in [6, 6.07) is 14.1. The number of halogens is 1. The fraction of sp³-hybridized carbons (Fsp3) is 0.167.